The number of allylic oxidation sites excluding steroid dienone is 4. The Morgan fingerprint density at radius 3 is 2.04 bits per heavy atom. The summed E-state index contributed by atoms with van der Waals surface area (Å²) in [5, 5.41) is 0. The van der Waals surface area contributed by atoms with Crippen molar-refractivity contribution in [3.05, 3.63) is 101 Å². The van der Waals surface area contributed by atoms with Gasteiger partial charge in [-0.2, -0.15) is 0 Å². The highest BCUT2D eigenvalue weighted by molar-refractivity contribution is 5.81. The fraction of sp³-hybridized carbons (Fsp3) is 0.185. The Balaban J connectivity index is 1.70. The van der Waals surface area contributed by atoms with Gasteiger partial charge in [0.2, 0.25) is 0 Å². The minimum absolute atomic E-state index is 1.16. The van der Waals surface area contributed by atoms with E-state index in [0.717, 1.165) is 6.42 Å². The Kier molecular flexibility index (Phi) is 4.81. The zero-order valence-corrected chi connectivity index (χ0v) is 16.4. The molecule has 0 heteroatoms. The van der Waals surface area contributed by atoms with Gasteiger partial charge in [0.15, 0.2) is 0 Å². The summed E-state index contributed by atoms with van der Waals surface area (Å²) in [4.78, 5) is 0. The molecule has 0 saturated carbocycles. The van der Waals surface area contributed by atoms with Crippen molar-refractivity contribution in [2.75, 3.05) is 0 Å². The highest BCUT2D eigenvalue weighted by Gasteiger charge is 2.10. The zero-order valence-electron chi connectivity index (χ0n) is 16.4. The van der Waals surface area contributed by atoms with Crippen LogP contribution in [0.3, 0.4) is 0 Å². The molecule has 27 heavy (non-hydrogen) atoms. The molecule has 0 amide bonds. The molecule has 1 aliphatic rings. The van der Waals surface area contributed by atoms with Gasteiger partial charge in [-0.3, -0.25) is 0 Å². The third-order valence-electron chi connectivity index (χ3n) is 5.53. The molecule has 0 radical (unpaired) electrons. The maximum Gasteiger partial charge on any atom is -0.0155 e. The van der Waals surface area contributed by atoms with Crippen LogP contribution in [0.15, 0.2) is 84.5 Å². The van der Waals surface area contributed by atoms with E-state index in [9.17, 15) is 0 Å². The molecule has 0 aromatic heterocycles. The second-order valence-electron chi connectivity index (χ2n) is 7.61. The van der Waals surface area contributed by atoms with Crippen LogP contribution in [-0.2, 0) is 0 Å². The maximum atomic E-state index is 2.33. The van der Waals surface area contributed by atoms with Crippen LogP contribution in [0.1, 0.15) is 36.5 Å². The molecular weight excluding hydrogens is 324 g/mol. The van der Waals surface area contributed by atoms with Gasteiger partial charge in [-0.1, -0.05) is 84.0 Å². The molecule has 4 rings (SSSR count). The van der Waals surface area contributed by atoms with Gasteiger partial charge in [0.05, 0.1) is 0 Å². The van der Waals surface area contributed by atoms with E-state index in [1.165, 1.54) is 56.5 Å². The second-order valence-corrected chi connectivity index (χ2v) is 7.61. The van der Waals surface area contributed by atoms with E-state index in [-0.39, 0.29) is 0 Å². The van der Waals surface area contributed by atoms with Gasteiger partial charge in [0.25, 0.3) is 0 Å². The van der Waals surface area contributed by atoms with E-state index in [2.05, 4.69) is 99.7 Å². The average Bonchev–Trinajstić information content (AvgIpc) is 2.69. The van der Waals surface area contributed by atoms with Crippen LogP contribution in [0.25, 0.3) is 27.8 Å². The predicted molar refractivity (Wildman–Crippen MR) is 118 cm³/mol. The standard InChI is InChI=1S/C27H26/c1-19-11-13-22(14-12-19)23-8-6-9-24(18-23)25-15-16-27(21(3)17-25)26-10-5-4-7-20(26)2/h5-6,8-18H,4,7H2,1-3H3. The normalized spacial score (nSPS) is 13.9. The molecule has 0 N–H and O–H groups in total. The third kappa shape index (κ3) is 3.66. The van der Waals surface area contributed by atoms with Crippen molar-refractivity contribution in [1.29, 1.82) is 0 Å². The molecule has 0 saturated heterocycles. The lowest BCUT2D eigenvalue weighted by Crippen LogP contribution is -1.95. The number of hydrogen-bond acceptors (Lipinski definition) is 0. The monoisotopic (exact) mass is 350 g/mol. The first-order chi connectivity index (χ1) is 13.1. The molecule has 0 atom stereocenters. The van der Waals surface area contributed by atoms with E-state index in [1.807, 2.05) is 0 Å². The lowest BCUT2D eigenvalue weighted by atomic mass is 9.89. The second kappa shape index (κ2) is 7.40. The summed E-state index contributed by atoms with van der Waals surface area (Å²) < 4.78 is 0. The summed E-state index contributed by atoms with van der Waals surface area (Å²) in [5.74, 6) is 0. The van der Waals surface area contributed by atoms with Crippen LogP contribution in [-0.4, -0.2) is 0 Å². The van der Waals surface area contributed by atoms with Gasteiger partial charge in [-0.25, -0.2) is 0 Å². The van der Waals surface area contributed by atoms with Crippen molar-refractivity contribution in [3.63, 3.8) is 0 Å². The van der Waals surface area contributed by atoms with Crippen molar-refractivity contribution < 1.29 is 0 Å². The summed E-state index contributed by atoms with van der Waals surface area (Å²) >= 11 is 0. The fourth-order valence-electron chi connectivity index (χ4n) is 3.87. The molecule has 134 valence electrons. The molecule has 0 heterocycles. The van der Waals surface area contributed by atoms with Crippen molar-refractivity contribution in [1.82, 2.24) is 0 Å². The first-order valence-electron chi connectivity index (χ1n) is 9.76. The van der Waals surface area contributed by atoms with E-state index in [0.29, 0.717) is 0 Å². The van der Waals surface area contributed by atoms with Gasteiger partial charge in [0.1, 0.15) is 0 Å². The van der Waals surface area contributed by atoms with Crippen molar-refractivity contribution in [2.45, 2.75) is 33.6 Å². The van der Waals surface area contributed by atoms with E-state index in [4.69, 9.17) is 0 Å². The van der Waals surface area contributed by atoms with Crippen molar-refractivity contribution in [2.24, 2.45) is 0 Å². The van der Waals surface area contributed by atoms with Gasteiger partial charge < -0.3 is 0 Å². The summed E-state index contributed by atoms with van der Waals surface area (Å²) in [6, 6.07) is 24.5. The number of rotatable bonds is 3. The molecule has 0 spiro atoms. The van der Waals surface area contributed by atoms with Crippen molar-refractivity contribution >= 4 is 5.57 Å². The lowest BCUT2D eigenvalue weighted by Gasteiger charge is -2.16. The van der Waals surface area contributed by atoms with Gasteiger partial charge >= 0.3 is 0 Å². The molecule has 3 aromatic carbocycles. The van der Waals surface area contributed by atoms with Gasteiger partial charge in [-0.05, 0) is 78.6 Å². The van der Waals surface area contributed by atoms with E-state index < -0.39 is 0 Å². The lowest BCUT2D eigenvalue weighted by molar-refractivity contribution is 0.967. The van der Waals surface area contributed by atoms with Gasteiger partial charge in [0, 0.05) is 0 Å². The smallest absolute Gasteiger partial charge is 0.0155 e. The number of hydrogen-bond donors (Lipinski definition) is 0. The SMILES string of the molecule is CC1=C(c2ccc(-c3cccc(-c4ccc(C)cc4)c3)cc2C)C=CCC1. The minimum Gasteiger partial charge on any atom is -0.0836 e. The topological polar surface area (TPSA) is 0 Å². The zero-order chi connectivity index (χ0) is 18.8. The Labute approximate surface area is 162 Å². The predicted octanol–water partition coefficient (Wildman–Crippen LogP) is 7.76. The Morgan fingerprint density at radius 2 is 1.33 bits per heavy atom. The van der Waals surface area contributed by atoms with E-state index in [1.54, 1.807) is 0 Å². The minimum atomic E-state index is 1.16. The summed E-state index contributed by atoms with van der Waals surface area (Å²) in [5.41, 5.74) is 12.0. The quantitative estimate of drug-likeness (QED) is 0.453. The first kappa shape index (κ1) is 17.5. The van der Waals surface area contributed by atoms with Crippen molar-refractivity contribution in [3.8, 4) is 22.3 Å². The van der Waals surface area contributed by atoms with Crippen LogP contribution in [0.5, 0.6) is 0 Å². The summed E-state index contributed by atoms with van der Waals surface area (Å²) in [7, 11) is 0. The van der Waals surface area contributed by atoms with E-state index >= 15 is 0 Å². The first-order valence-corrected chi connectivity index (χ1v) is 9.76. The van der Waals surface area contributed by atoms with Gasteiger partial charge in [-0.15, -0.1) is 0 Å². The molecule has 0 fully saturated rings. The average molecular weight is 351 g/mol. The van der Waals surface area contributed by atoms with Crippen LogP contribution in [0, 0.1) is 13.8 Å². The Hall–Kier alpha value is -2.86. The van der Waals surface area contributed by atoms with Crippen LogP contribution >= 0.6 is 0 Å². The molecule has 0 nitrogen and oxygen atoms in total. The number of aryl methyl sites for hydroxylation is 2. The number of benzene rings is 3. The molecule has 0 aliphatic heterocycles. The Morgan fingerprint density at radius 1 is 0.667 bits per heavy atom. The van der Waals surface area contributed by atoms with Crippen LogP contribution in [0.2, 0.25) is 0 Å². The molecule has 3 aromatic rings. The fourth-order valence-corrected chi connectivity index (χ4v) is 3.87. The molecular formula is C27H26. The molecule has 0 unspecified atom stereocenters. The molecule has 0 bridgehead atoms. The highest BCUT2D eigenvalue weighted by Crippen LogP contribution is 2.33. The summed E-state index contributed by atoms with van der Waals surface area (Å²) in [6.07, 6.45) is 6.92. The maximum absolute atomic E-state index is 2.33. The van der Waals surface area contributed by atoms with Crippen LogP contribution < -0.4 is 0 Å². The third-order valence-corrected chi connectivity index (χ3v) is 5.53. The largest absolute Gasteiger partial charge is 0.0836 e. The molecule has 1 aliphatic carbocycles. The highest BCUT2D eigenvalue weighted by atomic mass is 14.2. The van der Waals surface area contributed by atoms with Crippen LogP contribution in [0.4, 0.5) is 0 Å². The Bertz CT molecular complexity index is 1030. The summed E-state index contributed by atoms with van der Waals surface area (Å²) in [6.45, 7) is 6.62.